The molecular weight excluding hydrogens is 348 g/mol. The van der Waals surface area contributed by atoms with E-state index in [0.29, 0.717) is 5.13 Å². The molecule has 0 spiro atoms. The van der Waals surface area contributed by atoms with Gasteiger partial charge in [-0.3, -0.25) is 19.9 Å². The number of aromatic nitrogens is 3. The fourth-order valence-electron chi connectivity index (χ4n) is 2.01. The molecule has 1 aromatic carbocycles. The molecule has 2 heterocycles. The van der Waals surface area contributed by atoms with Crippen LogP contribution in [0.3, 0.4) is 0 Å². The average Bonchev–Trinajstić information content (AvgIpc) is 2.93. The molecule has 0 unspecified atom stereocenters. The minimum absolute atomic E-state index is 0.378. The lowest BCUT2D eigenvalue weighted by Gasteiger charge is -2.03. The van der Waals surface area contributed by atoms with Crippen LogP contribution < -0.4 is 16.6 Å². The van der Waals surface area contributed by atoms with Crippen LogP contribution in [-0.2, 0) is 9.53 Å². The predicted octanol–water partition coefficient (Wildman–Crippen LogP) is 0.777. The Hall–Kier alpha value is -3.27. The van der Waals surface area contributed by atoms with Crippen molar-refractivity contribution in [3.8, 4) is 0 Å². The number of anilines is 1. The molecule has 0 saturated heterocycles. The van der Waals surface area contributed by atoms with Gasteiger partial charge in [-0.15, -0.1) is 0 Å². The molecule has 0 aliphatic carbocycles. The van der Waals surface area contributed by atoms with E-state index >= 15 is 0 Å². The standard InChI is InChI=1S/C15H12N4O5S/c1-7-2-3-9-10(4-7)25-15(17-9)18-11(20)6-24-13(22)8-5-16-14(23)19-12(8)21/h2-5H,6H2,1H3,(H,17,18,20)(H2,16,19,21,23). The number of carbonyl (C=O) groups excluding carboxylic acids is 2. The van der Waals surface area contributed by atoms with E-state index < -0.39 is 35.3 Å². The zero-order valence-corrected chi connectivity index (χ0v) is 13.7. The molecule has 0 bridgehead atoms. The summed E-state index contributed by atoms with van der Waals surface area (Å²) >= 11 is 1.30. The van der Waals surface area contributed by atoms with Crippen LogP contribution in [-0.4, -0.2) is 33.4 Å². The molecule has 128 valence electrons. The quantitative estimate of drug-likeness (QED) is 0.589. The normalized spacial score (nSPS) is 10.6. The number of amides is 1. The van der Waals surface area contributed by atoms with Crippen molar-refractivity contribution in [2.45, 2.75) is 6.92 Å². The lowest BCUT2D eigenvalue weighted by atomic mass is 10.2. The summed E-state index contributed by atoms with van der Waals surface area (Å²) in [6.07, 6.45) is 0.928. The van der Waals surface area contributed by atoms with Crippen molar-refractivity contribution in [3.63, 3.8) is 0 Å². The minimum Gasteiger partial charge on any atom is -0.452 e. The van der Waals surface area contributed by atoms with Gasteiger partial charge in [-0.1, -0.05) is 17.4 Å². The van der Waals surface area contributed by atoms with E-state index in [-0.39, 0.29) is 0 Å². The molecule has 0 aliphatic rings. The van der Waals surface area contributed by atoms with Crippen molar-refractivity contribution in [3.05, 3.63) is 56.4 Å². The van der Waals surface area contributed by atoms with E-state index in [1.807, 2.05) is 30.1 Å². The monoisotopic (exact) mass is 360 g/mol. The molecule has 0 saturated carbocycles. The molecule has 0 fully saturated rings. The summed E-state index contributed by atoms with van der Waals surface area (Å²) in [4.78, 5) is 54.3. The fraction of sp³-hybridized carbons (Fsp3) is 0.133. The van der Waals surface area contributed by atoms with Crippen LogP contribution in [0.4, 0.5) is 5.13 Å². The van der Waals surface area contributed by atoms with E-state index in [1.165, 1.54) is 11.3 Å². The zero-order valence-electron chi connectivity index (χ0n) is 12.9. The highest BCUT2D eigenvalue weighted by Gasteiger charge is 2.15. The van der Waals surface area contributed by atoms with Crippen molar-refractivity contribution >= 4 is 38.6 Å². The fourth-order valence-corrected chi connectivity index (χ4v) is 2.99. The van der Waals surface area contributed by atoms with Gasteiger partial charge in [0.25, 0.3) is 11.5 Å². The molecule has 3 rings (SSSR count). The molecule has 0 radical (unpaired) electrons. The second-order valence-electron chi connectivity index (χ2n) is 5.10. The summed E-state index contributed by atoms with van der Waals surface area (Å²) in [5.74, 6) is -1.61. The number of benzene rings is 1. The van der Waals surface area contributed by atoms with Gasteiger partial charge in [0.15, 0.2) is 11.7 Å². The van der Waals surface area contributed by atoms with Gasteiger partial charge in [0.05, 0.1) is 10.2 Å². The zero-order chi connectivity index (χ0) is 18.0. The number of hydrogen-bond donors (Lipinski definition) is 3. The Labute approximate surface area is 143 Å². The van der Waals surface area contributed by atoms with Crippen LogP contribution in [0, 0.1) is 6.92 Å². The number of carbonyl (C=O) groups is 2. The number of nitrogens with one attached hydrogen (secondary N) is 3. The van der Waals surface area contributed by atoms with E-state index in [1.54, 1.807) is 0 Å². The van der Waals surface area contributed by atoms with Crippen LogP contribution in [0.25, 0.3) is 10.2 Å². The topological polar surface area (TPSA) is 134 Å². The number of hydrogen-bond acceptors (Lipinski definition) is 7. The van der Waals surface area contributed by atoms with Crippen molar-refractivity contribution in [1.29, 1.82) is 0 Å². The summed E-state index contributed by atoms with van der Waals surface area (Å²) in [7, 11) is 0. The molecule has 25 heavy (non-hydrogen) atoms. The van der Waals surface area contributed by atoms with Crippen molar-refractivity contribution in [2.24, 2.45) is 0 Å². The van der Waals surface area contributed by atoms with E-state index in [9.17, 15) is 19.2 Å². The Balaban J connectivity index is 1.62. The highest BCUT2D eigenvalue weighted by Crippen LogP contribution is 2.26. The molecular formula is C15H12N4O5S. The van der Waals surface area contributed by atoms with Gasteiger partial charge in [-0.2, -0.15) is 0 Å². The second-order valence-corrected chi connectivity index (χ2v) is 6.13. The van der Waals surface area contributed by atoms with Crippen LogP contribution in [0.5, 0.6) is 0 Å². The summed E-state index contributed by atoms with van der Waals surface area (Å²) in [6.45, 7) is 1.36. The summed E-state index contributed by atoms with van der Waals surface area (Å²) in [5, 5.41) is 2.91. The summed E-state index contributed by atoms with van der Waals surface area (Å²) in [6, 6.07) is 5.71. The molecule has 1 amide bonds. The predicted molar refractivity (Wildman–Crippen MR) is 91.0 cm³/mol. The Morgan fingerprint density at radius 2 is 2.12 bits per heavy atom. The molecule has 0 atom stereocenters. The molecule has 9 nitrogen and oxygen atoms in total. The van der Waals surface area contributed by atoms with Gasteiger partial charge in [0.1, 0.15) is 5.56 Å². The number of esters is 1. The smallest absolute Gasteiger partial charge is 0.345 e. The van der Waals surface area contributed by atoms with Crippen LogP contribution in [0.2, 0.25) is 0 Å². The Morgan fingerprint density at radius 3 is 2.88 bits per heavy atom. The van der Waals surface area contributed by atoms with Gasteiger partial charge in [0.2, 0.25) is 0 Å². The minimum atomic E-state index is -1.02. The average molecular weight is 360 g/mol. The third kappa shape index (κ3) is 3.80. The van der Waals surface area contributed by atoms with Crippen LogP contribution >= 0.6 is 11.3 Å². The number of nitrogens with zero attached hydrogens (tertiary/aromatic N) is 1. The number of thiazole rings is 1. The maximum absolute atomic E-state index is 11.9. The number of ether oxygens (including phenoxy) is 1. The third-order valence-electron chi connectivity index (χ3n) is 3.16. The van der Waals surface area contributed by atoms with Gasteiger partial charge in [-0.25, -0.2) is 14.6 Å². The summed E-state index contributed by atoms with van der Waals surface area (Å²) in [5.41, 5.74) is -0.208. The van der Waals surface area contributed by atoms with E-state index in [4.69, 9.17) is 4.74 Å². The van der Waals surface area contributed by atoms with Gasteiger partial charge in [-0.05, 0) is 24.6 Å². The molecule has 0 aliphatic heterocycles. The lowest BCUT2D eigenvalue weighted by Crippen LogP contribution is -2.29. The van der Waals surface area contributed by atoms with Crippen molar-refractivity contribution in [2.75, 3.05) is 11.9 Å². The second kappa shape index (κ2) is 6.69. The maximum Gasteiger partial charge on any atom is 0.345 e. The first-order chi connectivity index (χ1) is 11.9. The third-order valence-corrected chi connectivity index (χ3v) is 4.10. The highest BCUT2D eigenvalue weighted by atomic mass is 32.1. The maximum atomic E-state index is 11.9. The van der Waals surface area contributed by atoms with Crippen LogP contribution in [0.15, 0.2) is 34.0 Å². The first-order valence-electron chi connectivity index (χ1n) is 7.08. The number of H-pyrrole nitrogens is 2. The summed E-state index contributed by atoms with van der Waals surface area (Å²) < 4.78 is 5.68. The Kier molecular flexibility index (Phi) is 4.44. The van der Waals surface area contributed by atoms with Gasteiger partial charge < -0.3 is 9.72 Å². The number of rotatable bonds is 4. The molecule has 10 heteroatoms. The Morgan fingerprint density at radius 1 is 1.32 bits per heavy atom. The first-order valence-corrected chi connectivity index (χ1v) is 7.90. The van der Waals surface area contributed by atoms with Gasteiger partial charge >= 0.3 is 11.7 Å². The van der Waals surface area contributed by atoms with Crippen molar-refractivity contribution in [1.82, 2.24) is 15.0 Å². The lowest BCUT2D eigenvalue weighted by molar-refractivity contribution is -0.119. The number of aryl methyl sites for hydroxylation is 1. The first kappa shape index (κ1) is 16.6. The molecule has 3 aromatic rings. The van der Waals surface area contributed by atoms with Crippen molar-refractivity contribution < 1.29 is 14.3 Å². The van der Waals surface area contributed by atoms with Gasteiger partial charge in [0, 0.05) is 6.20 Å². The molecule has 3 N–H and O–H groups in total. The molecule has 2 aromatic heterocycles. The Bertz CT molecular complexity index is 1080. The number of aromatic amines is 2. The van der Waals surface area contributed by atoms with E-state index in [0.717, 1.165) is 22.0 Å². The SMILES string of the molecule is Cc1ccc2nc(NC(=O)COC(=O)c3c[nH]c(=O)[nH]c3=O)sc2c1. The van der Waals surface area contributed by atoms with E-state index in [2.05, 4.69) is 15.3 Å². The highest BCUT2D eigenvalue weighted by molar-refractivity contribution is 7.22. The largest absolute Gasteiger partial charge is 0.452 e. The van der Waals surface area contributed by atoms with Crippen LogP contribution in [0.1, 0.15) is 15.9 Å². The number of fused-ring (bicyclic) bond motifs is 1.